The van der Waals surface area contributed by atoms with Crippen molar-refractivity contribution in [3.63, 3.8) is 0 Å². The molecule has 3 rings (SSSR count). The largest absolute Gasteiger partial charge is 0.491 e. The average Bonchev–Trinajstić information content (AvgIpc) is 2.82. The highest BCUT2D eigenvalue weighted by molar-refractivity contribution is 5.88. The van der Waals surface area contributed by atoms with E-state index in [9.17, 15) is 32.9 Å². The highest BCUT2D eigenvalue weighted by atomic mass is 19.4. The molecule has 1 saturated heterocycles. The summed E-state index contributed by atoms with van der Waals surface area (Å²) < 4.78 is 50.7. The molecule has 10 nitrogen and oxygen atoms in total. The molecular weight excluding hydrogens is 511 g/mol. The van der Waals surface area contributed by atoms with E-state index < -0.39 is 28.2 Å². The van der Waals surface area contributed by atoms with E-state index in [2.05, 4.69) is 5.32 Å². The van der Waals surface area contributed by atoms with E-state index in [0.717, 1.165) is 43.2 Å². The van der Waals surface area contributed by atoms with Crippen LogP contribution in [0.5, 0.6) is 11.5 Å². The Morgan fingerprint density at radius 3 is 2.42 bits per heavy atom. The molecule has 1 heterocycles. The molecule has 0 aliphatic carbocycles. The van der Waals surface area contributed by atoms with Crippen molar-refractivity contribution in [2.45, 2.75) is 39.8 Å². The zero-order valence-corrected chi connectivity index (χ0v) is 21.0. The van der Waals surface area contributed by atoms with Gasteiger partial charge in [0.2, 0.25) is 0 Å². The van der Waals surface area contributed by atoms with Gasteiger partial charge in [0, 0.05) is 31.1 Å². The number of anilines is 1. The minimum atomic E-state index is -4.67. The summed E-state index contributed by atoms with van der Waals surface area (Å²) >= 11 is 0. The minimum absolute atomic E-state index is 0.0116. The zero-order valence-electron chi connectivity index (χ0n) is 21.0. The number of hydrogen-bond donors (Lipinski definition) is 1. The lowest BCUT2D eigenvalue weighted by molar-refractivity contribution is -0.384. The minimum Gasteiger partial charge on any atom is -0.491 e. The van der Waals surface area contributed by atoms with Gasteiger partial charge in [0.05, 0.1) is 28.2 Å². The van der Waals surface area contributed by atoms with Crippen LogP contribution < -0.4 is 14.8 Å². The Morgan fingerprint density at radius 1 is 1.13 bits per heavy atom. The summed E-state index contributed by atoms with van der Waals surface area (Å²) in [5.41, 5.74) is -2.17. The molecule has 0 spiro atoms. The SMILES string of the molecule is CC(C)(C)C(=O)ON1CCCC(COc2ccc(C(F)(F)F)cc2NC(=O)Oc2ccc([N+](=O)[O-])cc2)C1. The summed E-state index contributed by atoms with van der Waals surface area (Å²) in [7, 11) is 0. The number of non-ortho nitro benzene ring substituents is 1. The van der Waals surface area contributed by atoms with Gasteiger partial charge in [0.25, 0.3) is 5.69 Å². The van der Waals surface area contributed by atoms with E-state index in [0.29, 0.717) is 13.1 Å². The number of piperidine rings is 1. The van der Waals surface area contributed by atoms with Gasteiger partial charge < -0.3 is 14.3 Å². The van der Waals surface area contributed by atoms with Crippen molar-refractivity contribution in [2.75, 3.05) is 25.0 Å². The first-order chi connectivity index (χ1) is 17.7. The van der Waals surface area contributed by atoms with Crippen LogP contribution in [0.4, 0.5) is 29.3 Å². The highest BCUT2D eigenvalue weighted by Crippen LogP contribution is 2.36. The molecule has 1 unspecified atom stereocenters. The van der Waals surface area contributed by atoms with Gasteiger partial charge >= 0.3 is 18.2 Å². The number of benzene rings is 2. The topological polar surface area (TPSA) is 120 Å². The van der Waals surface area contributed by atoms with Crippen LogP contribution in [0.25, 0.3) is 0 Å². The number of nitro benzene ring substituents is 1. The van der Waals surface area contributed by atoms with Crippen LogP contribution in [0.1, 0.15) is 39.2 Å². The van der Waals surface area contributed by atoms with Gasteiger partial charge in [0.15, 0.2) is 0 Å². The third kappa shape index (κ3) is 8.07. The quantitative estimate of drug-likeness (QED) is 0.345. The molecule has 206 valence electrons. The lowest BCUT2D eigenvalue weighted by Gasteiger charge is -2.32. The monoisotopic (exact) mass is 539 g/mol. The summed E-state index contributed by atoms with van der Waals surface area (Å²) in [5, 5.41) is 14.6. The molecule has 1 fully saturated rings. The van der Waals surface area contributed by atoms with Crippen LogP contribution in [0.3, 0.4) is 0 Å². The second kappa shape index (κ2) is 11.7. The van der Waals surface area contributed by atoms with Gasteiger partial charge in [-0.2, -0.15) is 13.2 Å². The molecule has 1 N–H and O–H groups in total. The molecule has 0 aromatic heterocycles. The Morgan fingerprint density at radius 2 is 1.82 bits per heavy atom. The molecule has 1 aliphatic heterocycles. The van der Waals surface area contributed by atoms with Gasteiger partial charge in [-0.05, 0) is 63.9 Å². The molecule has 1 atom stereocenters. The first-order valence-corrected chi connectivity index (χ1v) is 11.8. The van der Waals surface area contributed by atoms with Crippen molar-refractivity contribution >= 4 is 23.4 Å². The first-order valence-electron chi connectivity index (χ1n) is 11.8. The number of hydroxylamine groups is 2. The number of nitro groups is 1. The number of hydrogen-bond acceptors (Lipinski definition) is 8. The molecule has 0 radical (unpaired) electrons. The number of carbonyl (C=O) groups excluding carboxylic acids is 2. The highest BCUT2D eigenvalue weighted by Gasteiger charge is 2.32. The van der Waals surface area contributed by atoms with Gasteiger partial charge in [-0.3, -0.25) is 15.4 Å². The van der Waals surface area contributed by atoms with Crippen molar-refractivity contribution in [3.05, 3.63) is 58.1 Å². The maximum absolute atomic E-state index is 13.3. The molecule has 0 bridgehead atoms. The van der Waals surface area contributed by atoms with Crippen molar-refractivity contribution < 1.29 is 42.0 Å². The van der Waals surface area contributed by atoms with E-state index in [1.54, 1.807) is 25.8 Å². The number of amides is 1. The Balaban J connectivity index is 1.68. The molecule has 0 saturated carbocycles. The molecule has 38 heavy (non-hydrogen) atoms. The fourth-order valence-corrected chi connectivity index (χ4v) is 3.52. The maximum Gasteiger partial charge on any atom is 0.417 e. The number of halogens is 3. The van der Waals surface area contributed by atoms with Gasteiger partial charge in [-0.1, -0.05) is 0 Å². The standard InChI is InChI=1S/C25H28F3N3O7/c1-24(2,3)22(32)38-30-12-4-5-16(14-30)15-36-21-11-6-17(25(26,27)28)13-20(21)29-23(33)37-19-9-7-18(8-10-19)31(34)35/h6-11,13,16H,4-5,12,14-15H2,1-3H3,(H,29,33). The Bertz CT molecular complexity index is 1160. The third-order valence-electron chi connectivity index (χ3n) is 5.58. The Hall–Kier alpha value is -3.87. The van der Waals surface area contributed by atoms with Crippen LogP contribution >= 0.6 is 0 Å². The summed E-state index contributed by atoms with van der Waals surface area (Å²) in [4.78, 5) is 40.2. The van der Waals surface area contributed by atoms with Crippen LogP contribution in [-0.4, -0.2) is 41.7 Å². The fourth-order valence-electron chi connectivity index (χ4n) is 3.52. The van der Waals surface area contributed by atoms with Crippen LogP contribution in [0.15, 0.2) is 42.5 Å². The van der Waals surface area contributed by atoms with E-state index >= 15 is 0 Å². The third-order valence-corrected chi connectivity index (χ3v) is 5.58. The van der Waals surface area contributed by atoms with E-state index in [4.69, 9.17) is 14.3 Å². The van der Waals surface area contributed by atoms with Crippen molar-refractivity contribution in [1.82, 2.24) is 5.06 Å². The molecule has 2 aromatic carbocycles. The summed E-state index contributed by atoms with van der Waals surface area (Å²) in [6.45, 7) is 6.26. The second-order valence-corrected chi connectivity index (χ2v) is 9.81. The number of carbonyl (C=O) groups is 2. The Kier molecular flexibility index (Phi) is 8.82. The number of alkyl halides is 3. The predicted octanol–water partition coefficient (Wildman–Crippen LogP) is 5.82. The number of rotatable bonds is 7. The lowest BCUT2D eigenvalue weighted by Crippen LogP contribution is -2.41. The summed E-state index contributed by atoms with van der Waals surface area (Å²) in [6.07, 6.45) is -4.31. The maximum atomic E-state index is 13.3. The molecule has 1 amide bonds. The molecule has 2 aromatic rings. The molecule has 1 aliphatic rings. The van der Waals surface area contributed by atoms with Crippen LogP contribution in [-0.2, 0) is 15.8 Å². The number of nitrogens with zero attached hydrogens (tertiary/aromatic N) is 2. The van der Waals surface area contributed by atoms with Crippen molar-refractivity contribution in [3.8, 4) is 11.5 Å². The van der Waals surface area contributed by atoms with E-state index in [-0.39, 0.29) is 41.4 Å². The summed E-state index contributed by atoms with van der Waals surface area (Å²) in [6, 6.07) is 7.27. The van der Waals surface area contributed by atoms with Crippen LogP contribution in [0.2, 0.25) is 0 Å². The van der Waals surface area contributed by atoms with Crippen molar-refractivity contribution in [2.24, 2.45) is 11.3 Å². The normalized spacial score (nSPS) is 16.4. The first kappa shape index (κ1) is 28.7. The smallest absolute Gasteiger partial charge is 0.417 e. The van der Waals surface area contributed by atoms with E-state index in [1.165, 1.54) is 12.1 Å². The number of ether oxygens (including phenoxy) is 2. The van der Waals surface area contributed by atoms with Gasteiger partial charge in [-0.15, -0.1) is 5.06 Å². The summed E-state index contributed by atoms with van der Waals surface area (Å²) in [5.74, 6) is -0.518. The van der Waals surface area contributed by atoms with Crippen LogP contribution in [0, 0.1) is 21.4 Å². The second-order valence-electron chi connectivity index (χ2n) is 9.81. The number of nitrogens with one attached hydrogen (secondary N) is 1. The predicted molar refractivity (Wildman–Crippen MR) is 130 cm³/mol. The lowest BCUT2D eigenvalue weighted by atomic mass is 9.97. The fraction of sp³-hybridized carbons (Fsp3) is 0.440. The molecular formula is C25H28F3N3O7. The Labute approximate surface area is 216 Å². The van der Waals surface area contributed by atoms with Crippen molar-refractivity contribution in [1.29, 1.82) is 0 Å². The van der Waals surface area contributed by atoms with Gasteiger partial charge in [-0.25, -0.2) is 9.59 Å². The zero-order chi connectivity index (χ0) is 28.1. The van der Waals surface area contributed by atoms with Gasteiger partial charge in [0.1, 0.15) is 11.5 Å². The molecule has 13 heteroatoms. The average molecular weight is 540 g/mol. The van der Waals surface area contributed by atoms with E-state index in [1.807, 2.05) is 0 Å².